The van der Waals surface area contributed by atoms with Crippen molar-refractivity contribution >= 4 is 40.5 Å². The summed E-state index contributed by atoms with van der Waals surface area (Å²) >= 11 is 4.69. The lowest BCUT2D eigenvalue weighted by Gasteiger charge is -2.19. The van der Waals surface area contributed by atoms with Crippen molar-refractivity contribution in [2.24, 2.45) is 16.8 Å². The Morgan fingerprint density at radius 1 is 1.42 bits per heavy atom. The average molecular weight is 347 g/mol. The molecular weight excluding hydrogens is 326 g/mol. The summed E-state index contributed by atoms with van der Waals surface area (Å²) in [4.78, 5) is 23.1. The molecule has 1 atom stereocenters. The van der Waals surface area contributed by atoms with Gasteiger partial charge in [0.2, 0.25) is 11.8 Å². The number of amides is 2. The fourth-order valence-corrected chi connectivity index (χ4v) is 2.51. The topological polar surface area (TPSA) is 109 Å². The number of nitrogens with one attached hydrogen (secondary N) is 3. The summed E-state index contributed by atoms with van der Waals surface area (Å²) in [7, 11) is 0. The van der Waals surface area contributed by atoms with E-state index in [4.69, 9.17) is 18.0 Å². The van der Waals surface area contributed by atoms with Crippen molar-refractivity contribution in [1.29, 1.82) is 0 Å². The monoisotopic (exact) mass is 347 g/mol. The van der Waals surface area contributed by atoms with Crippen molar-refractivity contribution in [3.05, 3.63) is 29.8 Å². The first kappa shape index (κ1) is 17.9. The van der Waals surface area contributed by atoms with Crippen molar-refractivity contribution in [2.45, 2.75) is 26.2 Å². The number of thiocarbonyl (C=S) groups is 1. The first-order valence-electron chi connectivity index (χ1n) is 7.75. The number of carbonyl (C=O) groups excluding carboxylic acids is 2. The SMILES string of the molecule is CC1CC(=O)NN=C1c1ccc(NC(=O)CCCNC(N)=S)cc1. The van der Waals surface area contributed by atoms with Crippen LogP contribution in [0, 0.1) is 5.92 Å². The van der Waals surface area contributed by atoms with Crippen LogP contribution in [0.25, 0.3) is 0 Å². The standard InChI is InChI=1S/C16H21N5O2S/c1-10-9-14(23)20-21-15(10)11-4-6-12(7-5-11)19-13(22)3-2-8-18-16(17)24/h4-7,10H,2-3,8-9H2,1H3,(H,19,22)(H,20,23)(H3,17,18,24). The number of nitrogens with two attached hydrogens (primary N) is 1. The highest BCUT2D eigenvalue weighted by molar-refractivity contribution is 7.80. The van der Waals surface area contributed by atoms with Gasteiger partial charge in [0, 0.05) is 31.0 Å². The van der Waals surface area contributed by atoms with Crippen LogP contribution in [-0.4, -0.2) is 29.2 Å². The molecule has 128 valence electrons. The van der Waals surface area contributed by atoms with E-state index in [9.17, 15) is 9.59 Å². The number of hydrazone groups is 1. The minimum atomic E-state index is -0.0694. The number of benzene rings is 1. The first-order chi connectivity index (χ1) is 11.5. The van der Waals surface area contributed by atoms with Gasteiger partial charge in [-0.05, 0) is 36.3 Å². The Kier molecular flexibility index (Phi) is 6.25. The zero-order chi connectivity index (χ0) is 17.5. The van der Waals surface area contributed by atoms with Crippen molar-refractivity contribution in [1.82, 2.24) is 10.7 Å². The molecule has 0 aromatic heterocycles. The van der Waals surface area contributed by atoms with Crippen LogP contribution in [-0.2, 0) is 9.59 Å². The molecule has 0 spiro atoms. The normalized spacial score (nSPS) is 16.8. The summed E-state index contributed by atoms with van der Waals surface area (Å²) in [5, 5.41) is 10.00. The van der Waals surface area contributed by atoms with E-state index in [-0.39, 0.29) is 22.8 Å². The second-order valence-electron chi connectivity index (χ2n) is 5.66. The molecule has 0 fully saturated rings. The summed E-state index contributed by atoms with van der Waals surface area (Å²) in [6.45, 7) is 2.54. The summed E-state index contributed by atoms with van der Waals surface area (Å²) in [6, 6.07) is 7.42. The fourth-order valence-electron chi connectivity index (χ4n) is 2.41. The highest BCUT2D eigenvalue weighted by atomic mass is 32.1. The summed E-state index contributed by atoms with van der Waals surface area (Å²) in [5.41, 5.74) is 10.3. The van der Waals surface area contributed by atoms with Gasteiger partial charge in [0.15, 0.2) is 5.11 Å². The van der Waals surface area contributed by atoms with Gasteiger partial charge in [-0.2, -0.15) is 5.10 Å². The van der Waals surface area contributed by atoms with E-state index in [1.807, 2.05) is 31.2 Å². The molecule has 0 saturated carbocycles. The third-order valence-electron chi connectivity index (χ3n) is 3.60. The predicted octanol–water partition coefficient (Wildman–Crippen LogP) is 1.10. The van der Waals surface area contributed by atoms with Crippen LogP contribution in [0.1, 0.15) is 31.7 Å². The van der Waals surface area contributed by atoms with Crippen LogP contribution in [0.2, 0.25) is 0 Å². The zero-order valence-electron chi connectivity index (χ0n) is 13.5. The second-order valence-corrected chi connectivity index (χ2v) is 6.10. The summed E-state index contributed by atoms with van der Waals surface area (Å²) < 4.78 is 0. The van der Waals surface area contributed by atoms with Gasteiger partial charge < -0.3 is 16.4 Å². The van der Waals surface area contributed by atoms with Gasteiger partial charge in [0.25, 0.3) is 0 Å². The molecule has 24 heavy (non-hydrogen) atoms. The van der Waals surface area contributed by atoms with E-state index >= 15 is 0 Å². The van der Waals surface area contributed by atoms with Gasteiger partial charge in [-0.15, -0.1) is 0 Å². The Hall–Kier alpha value is -2.48. The van der Waals surface area contributed by atoms with Gasteiger partial charge in [0.05, 0.1) is 5.71 Å². The van der Waals surface area contributed by atoms with Crippen LogP contribution in [0.5, 0.6) is 0 Å². The number of anilines is 1. The molecule has 1 aliphatic heterocycles. The lowest BCUT2D eigenvalue weighted by molar-refractivity contribution is -0.122. The van der Waals surface area contributed by atoms with E-state index < -0.39 is 0 Å². The van der Waals surface area contributed by atoms with Crippen molar-refractivity contribution in [2.75, 3.05) is 11.9 Å². The van der Waals surface area contributed by atoms with Gasteiger partial charge in [-0.3, -0.25) is 9.59 Å². The number of carbonyl (C=O) groups is 2. The van der Waals surface area contributed by atoms with Crippen LogP contribution in [0.4, 0.5) is 5.69 Å². The third-order valence-corrected chi connectivity index (χ3v) is 3.75. The molecule has 2 rings (SSSR count). The van der Waals surface area contributed by atoms with E-state index in [0.29, 0.717) is 25.8 Å². The van der Waals surface area contributed by atoms with Crippen molar-refractivity contribution < 1.29 is 9.59 Å². The molecule has 0 bridgehead atoms. The number of rotatable bonds is 6. The average Bonchev–Trinajstić information content (AvgIpc) is 2.52. The van der Waals surface area contributed by atoms with Crippen LogP contribution >= 0.6 is 12.2 Å². The molecule has 2 amide bonds. The number of hydrogen-bond acceptors (Lipinski definition) is 4. The first-order valence-corrected chi connectivity index (χ1v) is 8.16. The second kappa shape index (κ2) is 8.39. The molecule has 0 aliphatic carbocycles. The van der Waals surface area contributed by atoms with E-state index in [0.717, 1.165) is 17.0 Å². The smallest absolute Gasteiger partial charge is 0.240 e. The minimum absolute atomic E-state index is 0.0665. The lowest BCUT2D eigenvalue weighted by Crippen LogP contribution is -2.31. The molecule has 1 heterocycles. The van der Waals surface area contributed by atoms with Gasteiger partial charge in [-0.1, -0.05) is 19.1 Å². The molecule has 0 radical (unpaired) electrons. The molecule has 1 unspecified atom stereocenters. The highest BCUT2D eigenvalue weighted by Gasteiger charge is 2.21. The quantitative estimate of drug-likeness (QED) is 0.455. The maximum absolute atomic E-state index is 11.9. The highest BCUT2D eigenvalue weighted by Crippen LogP contribution is 2.18. The molecule has 5 N–H and O–H groups in total. The molecule has 1 aromatic rings. The minimum Gasteiger partial charge on any atom is -0.376 e. The van der Waals surface area contributed by atoms with Crippen LogP contribution in [0.3, 0.4) is 0 Å². The van der Waals surface area contributed by atoms with Crippen molar-refractivity contribution in [3.63, 3.8) is 0 Å². The van der Waals surface area contributed by atoms with Gasteiger partial charge in [0.1, 0.15) is 0 Å². The molecule has 0 saturated heterocycles. The number of hydrogen-bond donors (Lipinski definition) is 4. The zero-order valence-corrected chi connectivity index (χ0v) is 14.3. The Morgan fingerprint density at radius 3 is 2.75 bits per heavy atom. The number of nitrogens with zero attached hydrogens (tertiary/aromatic N) is 1. The molecule has 1 aromatic carbocycles. The Labute approximate surface area is 146 Å². The molecule has 1 aliphatic rings. The van der Waals surface area contributed by atoms with E-state index in [2.05, 4.69) is 21.2 Å². The lowest BCUT2D eigenvalue weighted by atomic mass is 9.94. The fraction of sp³-hybridized carbons (Fsp3) is 0.375. The van der Waals surface area contributed by atoms with Crippen molar-refractivity contribution in [3.8, 4) is 0 Å². The van der Waals surface area contributed by atoms with Gasteiger partial charge >= 0.3 is 0 Å². The Morgan fingerprint density at radius 2 is 2.12 bits per heavy atom. The predicted molar refractivity (Wildman–Crippen MR) is 97.6 cm³/mol. The molecule has 7 nitrogen and oxygen atoms in total. The Balaban J connectivity index is 1.87. The summed E-state index contributed by atoms with van der Waals surface area (Å²) in [6.07, 6.45) is 1.46. The largest absolute Gasteiger partial charge is 0.376 e. The van der Waals surface area contributed by atoms with Crippen LogP contribution in [0.15, 0.2) is 29.4 Å². The maximum Gasteiger partial charge on any atom is 0.240 e. The Bertz CT molecular complexity index is 657. The van der Waals surface area contributed by atoms with Gasteiger partial charge in [-0.25, -0.2) is 5.43 Å². The maximum atomic E-state index is 11.9. The van der Waals surface area contributed by atoms with Crippen LogP contribution < -0.4 is 21.8 Å². The van der Waals surface area contributed by atoms with E-state index in [1.165, 1.54) is 0 Å². The summed E-state index contributed by atoms with van der Waals surface area (Å²) in [5.74, 6) is -0.0662. The molecular formula is C16H21N5O2S. The third kappa shape index (κ3) is 5.31. The molecule has 8 heteroatoms. The van der Waals surface area contributed by atoms with E-state index in [1.54, 1.807) is 0 Å².